The van der Waals surface area contributed by atoms with Crippen molar-refractivity contribution in [3.8, 4) is 0 Å². The molecule has 118 valence electrons. The number of hydrogen-bond donors (Lipinski definition) is 1. The number of nitrogen functional groups attached to an aromatic ring is 1. The molecule has 1 rings (SSSR count). The quantitative estimate of drug-likeness (QED) is 0.863. The Kier molecular flexibility index (Phi) is 5.52. The van der Waals surface area contributed by atoms with Crippen LogP contribution in [0, 0.1) is 5.95 Å². The molecule has 1 aromatic heterocycles. The summed E-state index contributed by atoms with van der Waals surface area (Å²) in [6, 6.07) is 1.06. The molecule has 0 aromatic carbocycles. The Labute approximate surface area is 125 Å². The van der Waals surface area contributed by atoms with Crippen molar-refractivity contribution < 1.29 is 13.9 Å². The first-order chi connectivity index (χ1) is 9.69. The summed E-state index contributed by atoms with van der Waals surface area (Å²) in [5.74, 6) is -0.613. The fraction of sp³-hybridized carbons (Fsp3) is 0.600. The van der Waals surface area contributed by atoms with Crippen LogP contribution in [0.25, 0.3) is 0 Å². The molecule has 6 heteroatoms. The highest BCUT2D eigenvalue weighted by Gasteiger charge is 2.29. The minimum atomic E-state index is -0.613. The van der Waals surface area contributed by atoms with Gasteiger partial charge in [-0.1, -0.05) is 6.92 Å². The molecule has 0 saturated heterocycles. The lowest BCUT2D eigenvalue weighted by atomic mass is 10.0. The van der Waals surface area contributed by atoms with Crippen LogP contribution in [0.2, 0.25) is 0 Å². The van der Waals surface area contributed by atoms with Gasteiger partial charge in [0.2, 0.25) is 5.95 Å². The van der Waals surface area contributed by atoms with Crippen LogP contribution in [0.3, 0.4) is 0 Å². The maximum atomic E-state index is 14.0. The van der Waals surface area contributed by atoms with Gasteiger partial charge in [-0.05, 0) is 40.2 Å². The van der Waals surface area contributed by atoms with E-state index in [-0.39, 0.29) is 0 Å². The van der Waals surface area contributed by atoms with Crippen molar-refractivity contribution in [1.29, 1.82) is 0 Å². The van der Waals surface area contributed by atoms with Crippen molar-refractivity contribution >= 4 is 11.8 Å². The van der Waals surface area contributed by atoms with Crippen LogP contribution < -0.4 is 5.73 Å². The summed E-state index contributed by atoms with van der Waals surface area (Å²) in [5, 5.41) is 0. The van der Waals surface area contributed by atoms with E-state index in [0.29, 0.717) is 24.2 Å². The SMILES string of the molecule is CCC(c1cc(N)cnc1F)N(CC)C(=O)OC(C)(C)C. The van der Waals surface area contributed by atoms with Gasteiger partial charge in [-0.15, -0.1) is 0 Å². The second-order valence-electron chi connectivity index (χ2n) is 5.84. The third-order valence-corrected chi connectivity index (χ3v) is 2.98. The maximum Gasteiger partial charge on any atom is 0.410 e. The van der Waals surface area contributed by atoms with Crippen LogP contribution in [0.4, 0.5) is 14.9 Å². The van der Waals surface area contributed by atoms with Gasteiger partial charge in [0.05, 0.1) is 17.9 Å². The Balaban J connectivity index is 3.10. The topological polar surface area (TPSA) is 68.5 Å². The summed E-state index contributed by atoms with van der Waals surface area (Å²) in [7, 11) is 0. The van der Waals surface area contributed by atoms with E-state index in [1.807, 2.05) is 13.8 Å². The molecule has 0 aliphatic carbocycles. The lowest BCUT2D eigenvalue weighted by Crippen LogP contribution is -2.39. The van der Waals surface area contributed by atoms with Crippen molar-refractivity contribution in [3.63, 3.8) is 0 Å². The average molecular weight is 297 g/mol. The number of hydrogen-bond acceptors (Lipinski definition) is 4. The lowest BCUT2D eigenvalue weighted by Gasteiger charge is -2.32. The molecule has 1 unspecified atom stereocenters. The standard InChI is InChI=1S/C15H24FN3O2/c1-6-12(11-8-10(17)9-18-13(11)16)19(7-2)14(20)21-15(3,4)5/h8-9,12H,6-7,17H2,1-5H3. The zero-order valence-electron chi connectivity index (χ0n) is 13.3. The van der Waals surface area contributed by atoms with Crippen molar-refractivity contribution in [2.45, 2.75) is 52.7 Å². The number of rotatable bonds is 4. The van der Waals surface area contributed by atoms with Crippen molar-refractivity contribution in [3.05, 3.63) is 23.8 Å². The number of carbonyl (C=O) groups excluding carboxylic acids is 1. The molecule has 2 N–H and O–H groups in total. The largest absolute Gasteiger partial charge is 0.444 e. The number of nitrogens with two attached hydrogens (primary N) is 1. The van der Waals surface area contributed by atoms with Crippen LogP contribution in [0.5, 0.6) is 0 Å². The Bertz CT molecular complexity index is 500. The van der Waals surface area contributed by atoms with Gasteiger partial charge in [-0.2, -0.15) is 4.39 Å². The second-order valence-corrected chi connectivity index (χ2v) is 5.84. The maximum absolute atomic E-state index is 14.0. The number of halogens is 1. The molecule has 1 amide bonds. The molecule has 0 fully saturated rings. The molecule has 0 aliphatic rings. The average Bonchev–Trinajstić information content (AvgIpc) is 2.36. The molecular weight excluding hydrogens is 273 g/mol. The molecule has 21 heavy (non-hydrogen) atoms. The molecule has 1 aromatic rings. The smallest absolute Gasteiger partial charge is 0.410 e. The molecule has 5 nitrogen and oxygen atoms in total. The van der Waals surface area contributed by atoms with Crippen LogP contribution >= 0.6 is 0 Å². The van der Waals surface area contributed by atoms with Crippen molar-refractivity contribution in [1.82, 2.24) is 9.88 Å². The summed E-state index contributed by atoms with van der Waals surface area (Å²) in [5.41, 5.74) is 5.75. The number of anilines is 1. The second kappa shape index (κ2) is 6.74. The van der Waals surface area contributed by atoms with Crippen LogP contribution in [0.15, 0.2) is 12.3 Å². The minimum Gasteiger partial charge on any atom is -0.444 e. The van der Waals surface area contributed by atoms with E-state index in [0.717, 1.165) is 0 Å². The van der Waals surface area contributed by atoms with Gasteiger partial charge < -0.3 is 15.4 Å². The number of ether oxygens (including phenoxy) is 1. The third-order valence-electron chi connectivity index (χ3n) is 2.98. The Morgan fingerprint density at radius 2 is 2.10 bits per heavy atom. The van der Waals surface area contributed by atoms with Gasteiger partial charge >= 0.3 is 6.09 Å². The highest BCUT2D eigenvalue weighted by molar-refractivity contribution is 5.69. The van der Waals surface area contributed by atoms with Crippen molar-refractivity contribution in [2.75, 3.05) is 12.3 Å². The molecule has 0 aliphatic heterocycles. The fourth-order valence-electron chi connectivity index (χ4n) is 2.12. The van der Waals surface area contributed by atoms with Crippen LogP contribution in [-0.4, -0.2) is 28.1 Å². The van der Waals surface area contributed by atoms with Gasteiger partial charge in [-0.25, -0.2) is 9.78 Å². The summed E-state index contributed by atoms with van der Waals surface area (Å²) < 4.78 is 19.3. The highest BCUT2D eigenvalue weighted by atomic mass is 19.1. The number of aromatic nitrogens is 1. The van der Waals surface area contributed by atoms with Crippen LogP contribution in [-0.2, 0) is 4.74 Å². The molecule has 0 radical (unpaired) electrons. The Morgan fingerprint density at radius 1 is 1.48 bits per heavy atom. The number of pyridine rings is 1. The molecular formula is C15H24FN3O2. The van der Waals surface area contributed by atoms with Gasteiger partial charge in [-0.3, -0.25) is 0 Å². The zero-order valence-corrected chi connectivity index (χ0v) is 13.3. The van der Waals surface area contributed by atoms with E-state index in [4.69, 9.17) is 10.5 Å². The Hall–Kier alpha value is -1.85. The predicted molar refractivity (Wildman–Crippen MR) is 80.3 cm³/mol. The summed E-state index contributed by atoms with van der Waals surface area (Å²) in [4.78, 5) is 17.4. The van der Waals surface area contributed by atoms with Gasteiger partial charge in [0.15, 0.2) is 0 Å². The van der Waals surface area contributed by atoms with Crippen LogP contribution in [0.1, 0.15) is 52.6 Å². The minimum absolute atomic E-state index is 0.310. The first-order valence-electron chi connectivity index (χ1n) is 7.10. The summed E-state index contributed by atoms with van der Waals surface area (Å²) in [6.07, 6.45) is 1.32. The van der Waals surface area contributed by atoms with E-state index >= 15 is 0 Å². The summed E-state index contributed by atoms with van der Waals surface area (Å²) in [6.45, 7) is 9.49. The molecule has 1 atom stereocenters. The molecule has 0 spiro atoms. The number of carbonyl (C=O) groups is 1. The molecule has 0 bridgehead atoms. The van der Waals surface area contributed by atoms with Gasteiger partial charge in [0.1, 0.15) is 5.60 Å². The summed E-state index contributed by atoms with van der Waals surface area (Å²) >= 11 is 0. The zero-order chi connectivity index (χ0) is 16.2. The Morgan fingerprint density at radius 3 is 2.57 bits per heavy atom. The first-order valence-corrected chi connectivity index (χ1v) is 7.10. The first kappa shape index (κ1) is 17.2. The van der Waals surface area contributed by atoms with E-state index in [1.165, 1.54) is 17.2 Å². The van der Waals surface area contributed by atoms with E-state index < -0.39 is 23.7 Å². The van der Waals surface area contributed by atoms with E-state index in [9.17, 15) is 9.18 Å². The van der Waals surface area contributed by atoms with E-state index in [2.05, 4.69) is 4.98 Å². The van der Waals surface area contributed by atoms with E-state index in [1.54, 1.807) is 20.8 Å². The van der Waals surface area contributed by atoms with Gasteiger partial charge in [0, 0.05) is 12.1 Å². The highest BCUT2D eigenvalue weighted by Crippen LogP contribution is 2.28. The molecule has 1 heterocycles. The third kappa shape index (κ3) is 4.58. The number of amides is 1. The van der Waals surface area contributed by atoms with Crippen molar-refractivity contribution in [2.24, 2.45) is 0 Å². The number of nitrogens with zero attached hydrogens (tertiary/aromatic N) is 2. The van der Waals surface area contributed by atoms with Gasteiger partial charge in [0.25, 0.3) is 0 Å². The molecule has 0 saturated carbocycles. The predicted octanol–water partition coefficient (Wildman–Crippen LogP) is 3.51. The fourth-order valence-corrected chi connectivity index (χ4v) is 2.12. The monoisotopic (exact) mass is 297 g/mol. The lowest BCUT2D eigenvalue weighted by molar-refractivity contribution is 0.0162. The normalized spacial score (nSPS) is 12.9.